The number of ether oxygens (including phenoxy) is 2. The molecule has 0 aliphatic heterocycles. The minimum absolute atomic E-state index is 0.159. The largest absolute Gasteiger partial charge is 0.493 e. The van der Waals surface area contributed by atoms with E-state index in [-0.39, 0.29) is 5.91 Å². The van der Waals surface area contributed by atoms with Gasteiger partial charge in [-0.2, -0.15) is 0 Å². The van der Waals surface area contributed by atoms with Gasteiger partial charge < -0.3 is 14.8 Å². The average Bonchev–Trinajstić information content (AvgIpc) is 3.17. The molecule has 134 valence electrons. The molecule has 0 unspecified atom stereocenters. The van der Waals surface area contributed by atoms with Gasteiger partial charge in [0.1, 0.15) is 5.01 Å². The van der Waals surface area contributed by atoms with E-state index in [0.717, 1.165) is 16.3 Å². The highest BCUT2D eigenvalue weighted by Gasteiger charge is 2.11. The molecule has 6 nitrogen and oxygen atoms in total. The van der Waals surface area contributed by atoms with Crippen LogP contribution < -0.4 is 14.8 Å². The van der Waals surface area contributed by atoms with Crippen molar-refractivity contribution in [2.75, 3.05) is 20.8 Å². The summed E-state index contributed by atoms with van der Waals surface area (Å²) in [6.07, 6.45) is 4.19. The van der Waals surface area contributed by atoms with E-state index in [1.165, 1.54) is 0 Å². The number of hydrogen-bond acceptors (Lipinski definition) is 6. The third-order valence-electron chi connectivity index (χ3n) is 3.77. The van der Waals surface area contributed by atoms with Crippen molar-refractivity contribution in [3.05, 3.63) is 59.4 Å². The summed E-state index contributed by atoms with van der Waals surface area (Å²) in [7, 11) is 3.10. The van der Waals surface area contributed by atoms with Crippen LogP contribution in [0.1, 0.15) is 16.1 Å². The van der Waals surface area contributed by atoms with Crippen molar-refractivity contribution in [1.29, 1.82) is 0 Å². The molecule has 2 heterocycles. The van der Waals surface area contributed by atoms with Crippen LogP contribution in [0.4, 0.5) is 0 Å². The lowest BCUT2D eigenvalue weighted by Crippen LogP contribution is -2.25. The third kappa shape index (κ3) is 4.18. The van der Waals surface area contributed by atoms with Gasteiger partial charge in [0, 0.05) is 41.9 Å². The van der Waals surface area contributed by atoms with Crippen molar-refractivity contribution in [2.45, 2.75) is 6.42 Å². The Labute approximate surface area is 155 Å². The van der Waals surface area contributed by atoms with Crippen LogP contribution in [0.5, 0.6) is 11.5 Å². The zero-order chi connectivity index (χ0) is 18.4. The molecule has 26 heavy (non-hydrogen) atoms. The smallest absolute Gasteiger partial charge is 0.251 e. The number of thiazole rings is 1. The second-order valence-electron chi connectivity index (χ2n) is 5.46. The number of carbonyl (C=O) groups excluding carboxylic acids is 1. The van der Waals surface area contributed by atoms with Crippen molar-refractivity contribution in [1.82, 2.24) is 15.3 Å². The van der Waals surface area contributed by atoms with Gasteiger partial charge in [0.05, 0.1) is 19.9 Å². The molecule has 0 fully saturated rings. The number of benzene rings is 1. The Morgan fingerprint density at radius 1 is 1.19 bits per heavy atom. The van der Waals surface area contributed by atoms with Crippen molar-refractivity contribution in [3.8, 4) is 22.1 Å². The molecular weight excluding hydrogens is 350 g/mol. The molecule has 0 bridgehead atoms. The van der Waals surface area contributed by atoms with Crippen LogP contribution in [-0.2, 0) is 6.42 Å². The maximum Gasteiger partial charge on any atom is 0.251 e. The Bertz CT molecular complexity index is 881. The fraction of sp³-hybridized carbons (Fsp3) is 0.211. The molecule has 1 N–H and O–H groups in total. The average molecular weight is 369 g/mol. The standard InChI is InChI=1S/C19H19N3O3S/c1-24-16-6-5-13(10-17(16)25-2)18(23)21-9-7-15-12-26-19(22-15)14-4-3-8-20-11-14/h3-6,8,10-12H,7,9H2,1-2H3,(H,21,23). The van der Waals surface area contributed by atoms with Gasteiger partial charge in [0.2, 0.25) is 0 Å². The van der Waals surface area contributed by atoms with E-state index in [0.29, 0.717) is 30.0 Å². The zero-order valence-electron chi connectivity index (χ0n) is 14.6. The van der Waals surface area contributed by atoms with Gasteiger partial charge in [0.25, 0.3) is 5.91 Å². The maximum absolute atomic E-state index is 12.3. The number of methoxy groups -OCH3 is 2. The molecule has 0 radical (unpaired) electrons. The predicted molar refractivity (Wildman–Crippen MR) is 101 cm³/mol. The second kappa shape index (κ2) is 8.44. The van der Waals surface area contributed by atoms with Gasteiger partial charge in [0.15, 0.2) is 11.5 Å². The van der Waals surface area contributed by atoms with Crippen LogP contribution in [0, 0.1) is 0 Å². The molecule has 0 aliphatic carbocycles. The number of nitrogens with one attached hydrogen (secondary N) is 1. The van der Waals surface area contributed by atoms with Crippen LogP contribution in [0.25, 0.3) is 10.6 Å². The first-order valence-electron chi connectivity index (χ1n) is 8.06. The number of nitrogens with zero attached hydrogens (tertiary/aromatic N) is 2. The molecule has 2 aromatic heterocycles. The van der Waals surface area contributed by atoms with Crippen molar-refractivity contribution in [2.24, 2.45) is 0 Å². The molecular formula is C19H19N3O3S. The van der Waals surface area contributed by atoms with Gasteiger partial charge in [-0.25, -0.2) is 4.98 Å². The van der Waals surface area contributed by atoms with Gasteiger partial charge in [-0.1, -0.05) is 0 Å². The highest BCUT2D eigenvalue weighted by atomic mass is 32.1. The first kappa shape index (κ1) is 17.9. The maximum atomic E-state index is 12.3. The van der Waals surface area contributed by atoms with Crippen LogP contribution in [0.2, 0.25) is 0 Å². The third-order valence-corrected chi connectivity index (χ3v) is 4.71. The summed E-state index contributed by atoms with van der Waals surface area (Å²) >= 11 is 1.57. The Hall–Kier alpha value is -2.93. The first-order chi connectivity index (χ1) is 12.7. The Balaban J connectivity index is 1.57. The highest BCUT2D eigenvalue weighted by Crippen LogP contribution is 2.27. The predicted octanol–water partition coefficient (Wildman–Crippen LogP) is 3.19. The number of amides is 1. The van der Waals surface area contributed by atoms with Gasteiger partial charge >= 0.3 is 0 Å². The van der Waals surface area contributed by atoms with E-state index in [2.05, 4.69) is 15.3 Å². The van der Waals surface area contributed by atoms with Crippen LogP contribution in [0.3, 0.4) is 0 Å². The van der Waals surface area contributed by atoms with E-state index in [9.17, 15) is 4.79 Å². The summed E-state index contributed by atoms with van der Waals surface area (Å²) in [5, 5.41) is 5.84. The molecule has 3 rings (SSSR count). The summed E-state index contributed by atoms with van der Waals surface area (Å²) in [4.78, 5) is 21.0. The van der Waals surface area contributed by atoms with Crippen molar-refractivity contribution in [3.63, 3.8) is 0 Å². The molecule has 0 saturated heterocycles. The summed E-state index contributed by atoms with van der Waals surface area (Å²) in [5.41, 5.74) is 2.47. The molecule has 0 saturated carbocycles. The van der Waals surface area contributed by atoms with E-state index >= 15 is 0 Å². The number of rotatable bonds is 7. The number of carbonyl (C=O) groups is 1. The monoisotopic (exact) mass is 369 g/mol. The Kier molecular flexibility index (Phi) is 5.80. The Morgan fingerprint density at radius 2 is 2.04 bits per heavy atom. The Morgan fingerprint density at radius 3 is 2.77 bits per heavy atom. The summed E-state index contributed by atoms with van der Waals surface area (Å²) in [6, 6.07) is 8.96. The molecule has 0 atom stereocenters. The molecule has 0 aliphatic rings. The van der Waals surface area contributed by atoms with Gasteiger partial charge in [-0.3, -0.25) is 9.78 Å². The fourth-order valence-corrected chi connectivity index (χ4v) is 3.27. The fourth-order valence-electron chi connectivity index (χ4n) is 2.43. The van der Waals surface area contributed by atoms with Crippen molar-refractivity contribution < 1.29 is 14.3 Å². The van der Waals surface area contributed by atoms with E-state index in [1.54, 1.807) is 56.1 Å². The van der Waals surface area contributed by atoms with E-state index in [1.807, 2.05) is 17.5 Å². The molecule has 1 amide bonds. The SMILES string of the molecule is COc1ccc(C(=O)NCCc2csc(-c3cccnc3)n2)cc1OC. The van der Waals surface area contributed by atoms with Crippen LogP contribution in [-0.4, -0.2) is 36.6 Å². The molecule has 3 aromatic rings. The van der Waals surface area contributed by atoms with Crippen molar-refractivity contribution >= 4 is 17.2 Å². The molecule has 7 heteroatoms. The normalized spacial score (nSPS) is 10.4. The zero-order valence-corrected chi connectivity index (χ0v) is 15.4. The molecule has 0 spiro atoms. The summed E-state index contributed by atoms with van der Waals surface area (Å²) in [6.45, 7) is 0.503. The van der Waals surface area contributed by atoms with Crippen LogP contribution in [0.15, 0.2) is 48.1 Å². The molecule has 1 aromatic carbocycles. The number of hydrogen-bond donors (Lipinski definition) is 1. The lowest BCUT2D eigenvalue weighted by atomic mass is 10.2. The minimum Gasteiger partial charge on any atom is -0.493 e. The highest BCUT2D eigenvalue weighted by molar-refractivity contribution is 7.13. The van der Waals surface area contributed by atoms with Gasteiger partial charge in [-0.05, 0) is 30.3 Å². The first-order valence-corrected chi connectivity index (χ1v) is 8.94. The van der Waals surface area contributed by atoms with Crippen LogP contribution >= 0.6 is 11.3 Å². The number of aromatic nitrogens is 2. The lowest BCUT2D eigenvalue weighted by molar-refractivity contribution is 0.0953. The second-order valence-corrected chi connectivity index (χ2v) is 6.32. The minimum atomic E-state index is -0.159. The van der Waals surface area contributed by atoms with Gasteiger partial charge in [-0.15, -0.1) is 11.3 Å². The summed E-state index contributed by atoms with van der Waals surface area (Å²) in [5.74, 6) is 0.962. The quantitative estimate of drug-likeness (QED) is 0.692. The lowest BCUT2D eigenvalue weighted by Gasteiger charge is -2.09. The van der Waals surface area contributed by atoms with E-state index in [4.69, 9.17) is 9.47 Å². The number of pyridine rings is 1. The van der Waals surface area contributed by atoms with E-state index < -0.39 is 0 Å². The topological polar surface area (TPSA) is 73.3 Å². The summed E-state index contributed by atoms with van der Waals surface area (Å²) < 4.78 is 10.4.